The number of pyridine rings is 1. The molecule has 0 saturated carbocycles. The Hall–Kier alpha value is -6.81. The zero-order valence-corrected chi connectivity index (χ0v) is 39.5. The van der Waals surface area contributed by atoms with E-state index in [2.05, 4.69) is 207 Å². The number of nitrogens with zero attached hydrogens (tertiary/aromatic N) is 4. The second-order valence-electron chi connectivity index (χ2n) is 18.8. The Kier molecular flexibility index (Phi) is 9.98. The van der Waals surface area contributed by atoms with E-state index in [9.17, 15) is 0 Å². The van der Waals surface area contributed by atoms with Gasteiger partial charge in [-0.1, -0.05) is 162 Å². The van der Waals surface area contributed by atoms with Crippen molar-refractivity contribution in [1.82, 2.24) is 14.1 Å². The number of imidazole rings is 1. The van der Waals surface area contributed by atoms with Crippen molar-refractivity contribution in [1.29, 1.82) is 0 Å². The van der Waals surface area contributed by atoms with E-state index in [1.807, 2.05) is 12.1 Å². The van der Waals surface area contributed by atoms with Gasteiger partial charge in [0.15, 0.2) is 0 Å². The molecule has 0 spiro atoms. The first-order chi connectivity index (χ1) is 31.8. The molecule has 0 radical (unpaired) electrons. The molecule has 0 unspecified atom stereocenters. The summed E-state index contributed by atoms with van der Waals surface area (Å²) in [5, 5.41) is 2.59. The summed E-state index contributed by atoms with van der Waals surface area (Å²) in [6, 6.07) is 61.2. The van der Waals surface area contributed by atoms with E-state index in [1.54, 1.807) is 12.3 Å². The molecule has 0 N–H and O–H groups in total. The van der Waals surface area contributed by atoms with Gasteiger partial charge in [-0.3, -0.25) is 4.57 Å². The monoisotopic (exact) mass is 1030 g/mol. The van der Waals surface area contributed by atoms with Crippen molar-refractivity contribution < 1.29 is 32.8 Å². The van der Waals surface area contributed by atoms with Gasteiger partial charge >= 0.3 is 0 Å². The number of rotatable bonds is 7. The van der Waals surface area contributed by atoms with Crippen molar-refractivity contribution in [2.24, 2.45) is 0 Å². The Morgan fingerprint density at radius 2 is 1.34 bits per heavy atom. The molecule has 5 nitrogen and oxygen atoms in total. The zero-order chi connectivity index (χ0) is 45.5. The molecule has 4 aromatic heterocycles. The minimum absolute atomic E-state index is 0. The summed E-state index contributed by atoms with van der Waals surface area (Å²) in [7, 11) is 0. The maximum atomic E-state index is 8.75. The third-order valence-corrected chi connectivity index (χ3v) is 12.4. The SMILES string of the molecule is [2H]c1oc2ccnc(-n3c4[c-]c(Cc5[c-]c(-n6[c-][n+](-c7c(-c8ccccc8)cccc7-c7cccc(C(C)(C)C)c7)c7ccccc76)cc(C(C)(C)C)c5)ccc4c4ccccc43)c2c1[2H].[Pt]. The van der Waals surface area contributed by atoms with Crippen LogP contribution < -0.4 is 4.57 Å². The third kappa shape index (κ3) is 7.52. The van der Waals surface area contributed by atoms with Crippen molar-refractivity contribution in [2.75, 3.05) is 0 Å². The molecule has 11 rings (SSSR count). The molecule has 322 valence electrons. The number of hydrogen-bond acceptors (Lipinski definition) is 2. The number of fused-ring (bicyclic) bond motifs is 5. The second-order valence-corrected chi connectivity index (χ2v) is 18.8. The van der Waals surface area contributed by atoms with Gasteiger partial charge in [0.2, 0.25) is 0 Å². The zero-order valence-electron chi connectivity index (χ0n) is 39.2. The van der Waals surface area contributed by atoms with Crippen molar-refractivity contribution in [2.45, 2.75) is 58.8 Å². The molecule has 0 aliphatic carbocycles. The van der Waals surface area contributed by atoms with Crippen LogP contribution in [0.15, 0.2) is 175 Å². The van der Waals surface area contributed by atoms with Gasteiger partial charge in [-0.15, -0.1) is 5.39 Å². The van der Waals surface area contributed by atoms with E-state index in [4.69, 9.17) is 12.1 Å². The Balaban J connectivity index is 0.00000525. The van der Waals surface area contributed by atoms with Gasteiger partial charge in [-0.2, -0.15) is 53.1 Å². The summed E-state index contributed by atoms with van der Waals surface area (Å²) < 4.78 is 29.2. The standard InChI is InChI=1S/C59H48N4O.Pt/c1-58(2,3)43-19-14-18-42(36-43)47-22-15-21-46(41-16-8-7-9-17-41)56(47)62-38-61(52-24-12-13-25-53(52)62)45-34-40(33-44(37-45)59(4,5)6)32-39-26-27-49-48-20-10-11-23-51(48)63(54(49)35-39)57-50-29-31-64-55(50)28-30-60-57;/h7-31,33,36-37H,32H2,1-6H3;/q-2;/i29D,31D;. The van der Waals surface area contributed by atoms with Crippen molar-refractivity contribution in [3.63, 3.8) is 0 Å². The van der Waals surface area contributed by atoms with Crippen molar-refractivity contribution >= 4 is 43.8 Å². The minimum atomic E-state index is -0.181. The van der Waals surface area contributed by atoms with Crippen LogP contribution in [0.5, 0.6) is 0 Å². The molecular weight excluding hydrogens is 976 g/mol. The molecule has 7 aromatic carbocycles. The van der Waals surface area contributed by atoms with E-state index >= 15 is 0 Å². The van der Waals surface area contributed by atoms with E-state index in [1.165, 1.54) is 11.1 Å². The molecule has 11 aromatic rings. The first kappa shape index (κ1) is 39.8. The molecule has 65 heavy (non-hydrogen) atoms. The van der Waals surface area contributed by atoms with Crippen LogP contribution in [0.25, 0.3) is 83.3 Å². The van der Waals surface area contributed by atoms with Crippen LogP contribution in [-0.2, 0) is 38.3 Å². The maximum absolute atomic E-state index is 8.75. The molecule has 0 amide bonds. The van der Waals surface area contributed by atoms with Gasteiger partial charge in [-0.25, -0.2) is 4.98 Å². The number of para-hydroxylation sites is 4. The summed E-state index contributed by atoms with van der Waals surface area (Å²) >= 11 is 0. The molecule has 6 heteroatoms. The van der Waals surface area contributed by atoms with Crippen LogP contribution in [0, 0.1) is 18.5 Å². The molecule has 0 fully saturated rings. The third-order valence-electron chi connectivity index (χ3n) is 12.4. The minimum Gasteiger partial charge on any atom is -0.464 e. The fraction of sp³-hybridized carbons (Fsp3) is 0.153. The second kappa shape index (κ2) is 16.3. The van der Waals surface area contributed by atoms with Gasteiger partial charge in [0.1, 0.15) is 12.8 Å². The molecule has 0 bridgehead atoms. The Morgan fingerprint density at radius 1 is 0.631 bits per heavy atom. The largest absolute Gasteiger partial charge is 0.464 e. The van der Waals surface area contributed by atoms with Crippen molar-refractivity contribution in [3.05, 3.63) is 211 Å². The Bertz CT molecular complexity index is 3680. The van der Waals surface area contributed by atoms with Gasteiger partial charge < -0.3 is 13.6 Å². The maximum Gasteiger partial charge on any atom is 0.268 e. The van der Waals surface area contributed by atoms with E-state index in [0.29, 0.717) is 23.2 Å². The van der Waals surface area contributed by atoms with Crippen molar-refractivity contribution in [3.8, 4) is 39.4 Å². The van der Waals surface area contributed by atoms with Crippen LogP contribution >= 0.6 is 0 Å². The molecule has 0 aliphatic heterocycles. The first-order valence-corrected chi connectivity index (χ1v) is 21.9. The number of furan rings is 1. The normalized spacial score (nSPS) is 12.5. The quantitative estimate of drug-likeness (QED) is 0.118. The van der Waals surface area contributed by atoms with Gasteiger partial charge in [0, 0.05) is 32.8 Å². The van der Waals surface area contributed by atoms with Crippen LogP contribution in [0.2, 0.25) is 0 Å². The smallest absolute Gasteiger partial charge is 0.268 e. The fourth-order valence-electron chi connectivity index (χ4n) is 9.09. The van der Waals surface area contributed by atoms with Gasteiger partial charge in [0.25, 0.3) is 6.33 Å². The molecule has 0 atom stereocenters. The van der Waals surface area contributed by atoms with E-state index in [0.717, 1.165) is 77.6 Å². The van der Waals surface area contributed by atoms with Gasteiger partial charge in [-0.05, 0) is 74.3 Å². The Morgan fingerprint density at radius 3 is 2.14 bits per heavy atom. The van der Waals surface area contributed by atoms with E-state index < -0.39 is 0 Å². The Labute approximate surface area is 397 Å². The number of benzene rings is 7. The summed E-state index contributed by atoms with van der Waals surface area (Å²) in [5.74, 6) is 0.546. The van der Waals surface area contributed by atoms with E-state index in [-0.39, 0.29) is 44.2 Å². The summed E-state index contributed by atoms with van der Waals surface area (Å²) in [6.07, 6.45) is 5.96. The first-order valence-electron chi connectivity index (χ1n) is 22.9. The summed E-state index contributed by atoms with van der Waals surface area (Å²) in [5.41, 5.74) is 15.1. The number of aromatic nitrogens is 4. The molecule has 4 heterocycles. The fourth-order valence-corrected chi connectivity index (χ4v) is 9.09. The molecule has 0 saturated heterocycles. The predicted molar refractivity (Wildman–Crippen MR) is 261 cm³/mol. The van der Waals surface area contributed by atoms with Crippen LogP contribution in [0.1, 0.15) is 66.5 Å². The topological polar surface area (TPSA) is 39.8 Å². The summed E-state index contributed by atoms with van der Waals surface area (Å²) in [4.78, 5) is 4.79. The van der Waals surface area contributed by atoms with Gasteiger partial charge in [0.05, 0.1) is 29.7 Å². The van der Waals surface area contributed by atoms with Crippen LogP contribution in [0.4, 0.5) is 0 Å². The van der Waals surface area contributed by atoms with Crippen LogP contribution in [0.3, 0.4) is 0 Å². The number of hydrogen-bond donors (Lipinski definition) is 0. The average molecular weight is 1030 g/mol. The molecule has 0 aliphatic rings. The molecular formula is C59H48N4OPt-2. The average Bonchev–Trinajstić information content (AvgIpc) is 3.96. The summed E-state index contributed by atoms with van der Waals surface area (Å²) in [6.45, 7) is 13.6. The van der Waals surface area contributed by atoms with Crippen LogP contribution in [-0.4, -0.2) is 14.1 Å². The predicted octanol–water partition coefficient (Wildman–Crippen LogP) is 14.1.